The van der Waals surface area contributed by atoms with Crippen LogP contribution in [0.1, 0.15) is 49.0 Å². The second-order valence-corrected chi connectivity index (χ2v) is 7.53. The van der Waals surface area contributed by atoms with Gasteiger partial charge in [0.15, 0.2) is 0 Å². The van der Waals surface area contributed by atoms with Crippen molar-refractivity contribution in [3.63, 3.8) is 0 Å². The molecule has 184 valence electrons. The lowest BCUT2D eigenvalue weighted by Crippen LogP contribution is -2.37. The van der Waals surface area contributed by atoms with E-state index in [-0.39, 0.29) is 25.5 Å². The summed E-state index contributed by atoms with van der Waals surface area (Å²) in [6.07, 6.45) is 2.37. The molecule has 34 heavy (non-hydrogen) atoms. The first-order valence-corrected chi connectivity index (χ1v) is 10.7. The highest BCUT2D eigenvalue weighted by molar-refractivity contribution is 5.91. The third kappa shape index (κ3) is 8.53. The molecule has 2 aromatic rings. The van der Waals surface area contributed by atoms with E-state index in [1.165, 1.54) is 30.3 Å². The number of alkyl halides is 4. The number of benzene rings is 2. The van der Waals surface area contributed by atoms with Gasteiger partial charge in [0.25, 0.3) is 0 Å². The number of carbonyl (C=O) groups excluding carboxylic acids is 2. The fraction of sp³-hybridized carbons (Fsp3) is 0.360. The third-order valence-electron chi connectivity index (χ3n) is 4.59. The molecule has 2 aromatic carbocycles. The summed E-state index contributed by atoms with van der Waals surface area (Å²) in [7, 11) is 0. The Morgan fingerprint density at radius 2 is 1.53 bits per heavy atom. The summed E-state index contributed by atoms with van der Waals surface area (Å²) < 4.78 is 67.6. The average Bonchev–Trinajstić information content (AvgIpc) is 2.79. The van der Waals surface area contributed by atoms with Gasteiger partial charge >= 0.3 is 23.8 Å². The maximum atomic E-state index is 13.2. The standard InChI is InChI=1S/C25H26F4O5/c1-3-16-33-22(30)14-7-18-5-10-21(11-6-18)34-23(31)19-8-12-20(13-9-19)32-17-4-15-25(28,29)24(2,26)27/h5-14H,3-4,15-17H2,1-2H3/b14-7+. The lowest BCUT2D eigenvalue weighted by Gasteiger charge is -2.22. The second-order valence-electron chi connectivity index (χ2n) is 7.53. The molecule has 0 saturated carbocycles. The number of esters is 2. The van der Waals surface area contributed by atoms with Crippen molar-refractivity contribution >= 4 is 18.0 Å². The predicted octanol–water partition coefficient (Wildman–Crippen LogP) is 6.32. The van der Waals surface area contributed by atoms with Crippen molar-refractivity contribution in [2.24, 2.45) is 0 Å². The van der Waals surface area contributed by atoms with Crippen LogP contribution >= 0.6 is 0 Å². The minimum absolute atomic E-state index is 0.174. The van der Waals surface area contributed by atoms with Gasteiger partial charge in [-0.15, -0.1) is 0 Å². The number of carbonyl (C=O) groups is 2. The molecule has 0 atom stereocenters. The normalized spacial score (nSPS) is 11.9. The zero-order chi connectivity index (χ0) is 25.2. The van der Waals surface area contributed by atoms with Gasteiger partial charge in [-0.25, -0.2) is 18.4 Å². The third-order valence-corrected chi connectivity index (χ3v) is 4.59. The van der Waals surface area contributed by atoms with Crippen LogP contribution in [0, 0.1) is 0 Å². The fourth-order valence-corrected chi connectivity index (χ4v) is 2.62. The Bertz CT molecular complexity index is 964. The smallest absolute Gasteiger partial charge is 0.343 e. The van der Waals surface area contributed by atoms with E-state index in [0.717, 1.165) is 12.0 Å². The van der Waals surface area contributed by atoms with Crippen molar-refractivity contribution in [3.05, 3.63) is 65.7 Å². The fourth-order valence-electron chi connectivity index (χ4n) is 2.62. The first-order chi connectivity index (χ1) is 16.0. The molecule has 0 radical (unpaired) electrons. The summed E-state index contributed by atoms with van der Waals surface area (Å²) in [4.78, 5) is 23.8. The van der Waals surface area contributed by atoms with Crippen LogP contribution in [0.2, 0.25) is 0 Å². The highest BCUT2D eigenvalue weighted by atomic mass is 19.3. The zero-order valence-corrected chi connectivity index (χ0v) is 18.9. The summed E-state index contributed by atoms with van der Waals surface area (Å²) in [6, 6.07) is 12.3. The van der Waals surface area contributed by atoms with Crippen LogP contribution < -0.4 is 9.47 Å². The molecule has 0 amide bonds. The van der Waals surface area contributed by atoms with Gasteiger partial charge in [-0.1, -0.05) is 19.1 Å². The Balaban J connectivity index is 1.82. The van der Waals surface area contributed by atoms with E-state index in [1.807, 2.05) is 6.92 Å². The lowest BCUT2D eigenvalue weighted by molar-refractivity contribution is -0.201. The van der Waals surface area contributed by atoms with E-state index < -0.39 is 30.2 Å². The highest BCUT2D eigenvalue weighted by Gasteiger charge is 2.51. The Kier molecular flexibility index (Phi) is 9.65. The van der Waals surface area contributed by atoms with Crippen LogP contribution in [-0.4, -0.2) is 37.0 Å². The molecule has 2 rings (SSSR count). The van der Waals surface area contributed by atoms with Crippen LogP contribution in [0.5, 0.6) is 11.5 Å². The summed E-state index contributed by atoms with van der Waals surface area (Å²) in [5.41, 5.74) is 0.947. The molecule has 5 nitrogen and oxygen atoms in total. The van der Waals surface area contributed by atoms with Gasteiger partial charge in [-0.3, -0.25) is 0 Å². The molecule has 0 heterocycles. The first kappa shape index (κ1) is 26.9. The number of hydrogen-bond donors (Lipinski definition) is 0. The van der Waals surface area contributed by atoms with E-state index in [4.69, 9.17) is 14.2 Å². The van der Waals surface area contributed by atoms with Crippen molar-refractivity contribution in [2.45, 2.75) is 45.0 Å². The van der Waals surface area contributed by atoms with Crippen LogP contribution in [0.25, 0.3) is 6.08 Å². The molecule has 0 saturated heterocycles. The van der Waals surface area contributed by atoms with E-state index in [1.54, 1.807) is 30.3 Å². The zero-order valence-electron chi connectivity index (χ0n) is 18.9. The summed E-state index contributed by atoms with van der Waals surface area (Å²) >= 11 is 0. The lowest BCUT2D eigenvalue weighted by atomic mass is 10.1. The first-order valence-electron chi connectivity index (χ1n) is 10.7. The molecule has 0 aromatic heterocycles. The van der Waals surface area contributed by atoms with Crippen molar-refractivity contribution in [2.75, 3.05) is 13.2 Å². The Morgan fingerprint density at radius 3 is 2.12 bits per heavy atom. The van der Waals surface area contributed by atoms with E-state index >= 15 is 0 Å². The van der Waals surface area contributed by atoms with E-state index in [2.05, 4.69) is 0 Å². The van der Waals surface area contributed by atoms with Crippen molar-refractivity contribution in [1.82, 2.24) is 0 Å². The van der Waals surface area contributed by atoms with Gasteiger partial charge in [-0.2, -0.15) is 8.78 Å². The minimum Gasteiger partial charge on any atom is -0.494 e. The molecular formula is C25H26F4O5. The van der Waals surface area contributed by atoms with Gasteiger partial charge in [0.05, 0.1) is 18.8 Å². The van der Waals surface area contributed by atoms with Crippen LogP contribution in [0.4, 0.5) is 17.6 Å². The van der Waals surface area contributed by atoms with E-state index in [0.29, 0.717) is 18.1 Å². The SMILES string of the molecule is CCCOC(=O)/C=C/c1ccc(OC(=O)c2ccc(OCCCC(F)(F)C(C)(F)F)cc2)cc1. The maximum absolute atomic E-state index is 13.2. The van der Waals surface area contributed by atoms with Crippen LogP contribution in [0.15, 0.2) is 54.6 Å². The molecule has 0 aliphatic carbocycles. The van der Waals surface area contributed by atoms with Crippen molar-refractivity contribution in [1.29, 1.82) is 0 Å². The predicted molar refractivity (Wildman–Crippen MR) is 118 cm³/mol. The molecule has 0 unspecified atom stereocenters. The summed E-state index contributed by atoms with van der Waals surface area (Å²) in [6.45, 7) is 2.26. The molecule has 0 N–H and O–H groups in total. The van der Waals surface area contributed by atoms with Gasteiger partial charge < -0.3 is 14.2 Å². The molecule has 0 spiro atoms. The number of rotatable bonds is 12. The van der Waals surface area contributed by atoms with E-state index in [9.17, 15) is 27.2 Å². The molecule has 0 aliphatic heterocycles. The molecule has 0 aliphatic rings. The van der Waals surface area contributed by atoms with Crippen molar-refractivity contribution in [3.8, 4) is 11.5 Å². The van der Waals surface area contributed by atoms with Gasteiger partial charge in [0.2, 0.25) is 0 Å². The average molecular weight is 482 g/mol. The molecule has 0 fully saturated rings. The molecule has 9 heteroatoms. The maximum Gasteiger partial charge on any atom is 0.343 e. The Morgan fingerprint density at radius 1 is 0.912 bits per heavy atom. The highest BCUT2D eigenvalue weighted by Crippen LogP contribution is 2.37. The number of ether oxygens (including phenoxy) is 3. The topological polar surface area (TPSA) is 61.8 Å². The monoisotopic (exact) mass is 482 g/mol. The van der Waals surface area contributed by atoms with Crippen molar-refractivity contribution < 1.29 is 41.4 Å². The molecule has 0 bridgehead atoms. The number of hydrogen-bond acceptors (Lipinski definition) is 5. The summed E-state index contributed by atoms with van der Waals surface area (Å²) in [5, 5.41) is 0. The number of halogens is 4. The quantitative estimate of drug-likeness (QED) is 0.116. The minimum atomic E-state index is -4.10. The Labute approximate surface area is 195 Å². The van der Waals surface area contributed by atoms with Crippen LogP contribution in [-0.2, 0) is 9.53 Å². The van der Waals surface area contributed by atoms with Gasteiger partial charge in [0.1, 0.15) is 11.5 Å². The van der Waals surface area contributed by atoms with Crippen LogP contribution in [0.3, 0.4) is 0 Å². The Hall–Kier alpha value is -3.36. The largest absolute Gasteiger partial charge is 0.494 e. The second kappa shape index (κ2) is 12.2. The van der Waals surface area contributed by atoms with Gasteiger partial charge in [0, 0.05) is 19.4 Å². The summed E-state index contributed by atoms with van der Waals surface area (Å²) in [5.74, 6) is -8.65. The molecular weight excluding hydrogens is 456 g/mol. The van der Waals surface area contributed by atoms with Gasteiger partial charge in [-0.05, 0) is 60.9 Å².